The number of esters is 1. The van der Waals surface area contributed by atoms with E-state index in [0.29, 0.717) is 11.8 Å². The standard InChI is InChI=1S/C14H21NO3/c1-9(2)15(8-13(16)18-3)14(17)12-7-10-4-5-11(12)6-10/h4-5,9-12H,6-8H2,1-3H3. The molecular weight excluding hydrogens is 230 g/mol. The van der Waals surface area contributed by atoms with Gasteiger partial charge in [-0.3, -0.25) is 9.59 Å². The molecule has 0 spiro atoms. The van der Waals surface area contributed by atoms with Gasteiger partial charge in [0.15, 0.2) is 0 Å². The number of ether oxygens (including phenoxy) is 1. The lowest BCUT2D eigenvalue weighted by atomic mass is 9.92. The number of hydrogen-bond donors (Lipinski definition) is 0. The first-order valence-electron chi connectivity index (χ1n) is 6.58. The lowest BCUT2D eigenvalue weighted by Gasteiger charge is -2.30. The predicted molar refractivity (Wildman–Crippen MR) is 67.7 cm³/mol. The second-order valence-electron chi connectivity index (χ2n) is 5.52. The molecule has 3 atom stereocenters. The molecule has 0 aliphatic heterocycles. The SMILES string of the molecule is COC(=O)CN(C(=O)C1CC2C=CC1C2)C(C)C. The van der Waals surface area contributed by atoms with Gasteiger partial charge in [0.25, 0.3) is 0 Å². The number of methoxy groups -OCH3 is 1. The minimum absolute atomic E-state index is 0.0275. The van der Waals surface area contributed by atoms with Gasteiger partial charge in [-0.15, -0.1) is 0 Å². The van der Waals surface area contributed by atoms with Crippen molar-refractivity contribution in [3.63, 3.8) is 0 Å². The van der Waals surface area contributed by atoms with E-state index < -0.39 is 0 Å². The highest BCUT2D eigenvalue weighted by Crippen LogP contribution is 2.44. The van der Waals surface area contributed by atoms with Gasteiger partial charge in [-0.25, -0.2) is 0 Å². The number of fused-ring (bicyclic) bond motifs is 2. The summed E-state index contributed by atoms with van der Waals surface area (Å²) in [6.45, 7) is 3.93. The maximum atomic E-state index is 12.5. The summed E-state index contributed by atoms with van der Waals surface area (Å²) in [5.41, 5.74) is 0. The molecule has 3 unspecified atom stereocenters. The quantitative estimate of drug-likeness (QED) is 0.563. The average molecular weight is 251 g/mol. The Labute approximate surface area is 108 Å². The molecule has 2 aliphatic rings. The predicted octanol–water partition coefficient (Wildman–Crippen LogP) is 1.61. The largest absolute Gasteiger partial charge is 0.468 e. The van der Waals surface area contributed by atoms with Crippen LogP contribution in [-0.4, -0.2) is 36.5 Å². The summed E-state index contributed by atoms with van der Waals surface area (Å²) < 4.78 is 4.66. The molecule has 0 heterocycles. The number of hydrogen-bond acceptors (Lipinski definition) is 3. The Morgan fingerprint density at radius 2 is 2.06 bits per heavy atom. The zero-order chi connectivity index (χ0) is 13.3. The first-order chi connectivity index (χ1) is 8.52. The fraction of sp³-hybridized carbons (Fsp3) is 0.714. The first kappa shape index (κ1) is 13.1. The third-order valence-corrected chi connectivity index (χ3v) is 4.03. The second kappa shape index (κ2) is 5.12. The van der Waals surface area contributed by atoms with Gasteiger partial charge in [-0.1, -0.05) is 12.2 Å². The number of carbonyl (C=O) groups excluding carboxylic acids is 2. The minimum Gasteiger partial charge on any atom is -0.468 e. The van der Waals surface area contributed by atoms with Gasteiger partial charge < -0.3 is 9.64 Å². The van der Waals surface area contributed by atoms with Crippen LogP contribution in [-0.2, 0) is 14.3 Å². The van der Waals surface area contributed by atoms with Crippen molar-refractivity contribution in [2.75, 3.05) is 13.7 Å². The van der Waals surface area contributed by atoms with Crippen LogP contribution in [0, 0.1) is 17.8 Å². The topological polar surface area (TPSA) is 46.6 Å². The number of allylic oxidation sites excluding steroid dienone is 2. The second-order valence-corrected chi connectivity index (χ2v) is 5.52. The number of amides is 1. The van der Waals surface area contributed by atoms with E-state index in [2.05, 4.69) is 16.9 Å². The van der Waals surface area contributed by atoms with E-state index >= 15 is 0 Å². The summed E-state index contributed by atoms with van der Waals surface area (Å²) in [4.78, 5) is 25.5. The van der Waals surface area contributed by atoms with Crippen LogP contribution >= 0.6 is 0 Å². The van der Waals surface area contributed by atoms with Crippen LogP contribution in [0.3, 0.4) is 0 Å². The van der Waals surface area contributed by atoms with Gasteiger partial charge in [0.05, 0.1) is 7.11 Å². The van der Waals surface area contributed by atoms with Crippen molar-refractivity contribution in [3.05, 3.63) is 12.2 Å². The molecule has 4 nitrogen and oxygen atoms in total. The van der Waals surface area contributed by atoms with Crippen LogP contribution < -0.4 is 0 Å². The van der Waals surface area contributed by atoms with E-state index in [1.807, 2.05) is 13.8 Å². The fourth-order valence-corrected chi connectivity index (χ4v) is 3.00. The van der Waals surface area contributed by atoms with Crippen LogP contribution in [0.4, 0.5) is 0 Å². The monoisotopic (exact) mass is 251 g/mol. The Bertz CT molecular complexity index is 375. The third-order valence-electron chi connectivity index (χ3n) is 4.03. The van der Waals surface area contributed by atoms with Crippen molar-refractivity contribution in [3.8, 4) is 0 Å². The summed E-state index contributed by atoms with van der Waals surface area (Å²) in [6.07, 6.45) is 6.41. The van der Waals surface area contributed by atoms with Gasteiger partial charge in [0, 0.05) is 12.0 Å². The van der Waals surface area contributed by atoms with Crippen LogP contribution in [0.25, 0.3) is 0 Å². The Morgan fingerprint density at radius 3 is 2.50 bits per heavy atom. The smallest absolute Gasteiger partial charge is 0.325 e. The molecule has 100 valence electrons. The molecular formula is C14H21NO3. The summed E-state index contributed by atoms with van der Waals surface area (Å²) >= 11 is 0. The molecule has 2 aliphatic carbocycles. The lowest BCUT2D eigenvalue weighted by molar-refractivity contribution is -0.150. The highest BCUT2D eigenvalue weighted by atomic mass is 16.5. The van der Waals surface area contributed by atoms with E-state index in [1.54, 1.807) is 4.90 Å². The van der Waals surface area contributed by atoms with Crippen molar-refractivity contribution in [1.82, 2.24) is 4.90 Å². The minimum atomic E-state index is -0.351. The zero-order valence-corrected chi connectivity index (χ0v) is 11.3. The molecule has 2 bridgehead atoms. The number of nitrogens with zero attached hydrogens (tertiary/aromatic N) is 1. The molecule has 0 aromatic carbocycles. The van der Waals surface area contributed by atoms with Crippen LogP contribution in [0.2, 0.25) is 0 Å². The van der Waals surface area contributed by atoms with Gasteiger partial charge in [0.2, 0.25) is 5.91 Å². The Kier molecular flexibility index (Phi) is 3.73. The molecule has 0 radical (unpaired) electrons. The number of rotatable bonds is 4. The summed E-state index contributed by atoms with van der Waals surface area (Å²) in [7, 11) is 1.35. The van der Waals surface area contributed by atoms with Gasteiger partial charge in [-0.2, -0.15) is 0 Å². The lowest BCUT2D eigenvalue weighted by Crippen LogP contribution is -2.45. The summed E-state index contributed by atoms with van der Waals surface area (Å²) in [5.74, 6) is 0.757. The fourth-order valence-electron chi connectivity index (χ4n) is 3.00. The molecule has 0 saturated heterocycles. The van der Waals surface area contributed by atoms with E-state index in [1.165, 1.54) is 7.11 Å². The molecule has 1 saturated carbocycles. The maximum absolute atomic E-state index is 12.5. The van der Waals surface area contributed by atoms with Crippen molar-refractivity contribution < 1.29 is 14.3 Å². The van der Waals surface area contributed by atoms with E-state index in [4.69, 9.17) is 0 Å². The highest BCUT2D eigenvalue weighted by molar-refractivity contribution is 5.84. The van der Waals surface area contributed by atoms with Gasteiger partial charge in [-0.05, 0) is 38.5 Å². The molecule has 1 fully saturated rings. The number of carbonyl (C=O) groups is 2. The van der Waals surface area contributed by atoms with Crippen LogP contribution in [0.1, 0.15) is 26.7 Å². The molecule has 18 heavy (non-hydrogen) atoms. The van der Waals surface area contributed by atoms with Crippen LogP contribution in [0.5, 0.6) is 0 Å². The zero-order valence-electron chi connectivity index (χ0n) is 11.3. The average Bonchev–Trinajstić information content (AvgIpc) is 2.96. The third kappa shape index (κ3) is 2.42. The van der Waals surface area contributed by atoms with Crippen LogP contribution in [0.15, 0.2) is 12.2 Å². The van der Waals surface area contributed by atoms with Crippen molar-refractivity contribution in [2.24, 2.45) is 17.8 Å². The normalized spacial score (nSPS) is 28.8. The van der Waals surface area contributed by atoms with Crippen molar-refractivity contribution in [1.29, 1.82) is 0 Å². The van der Waals surface area contributed by atoms with Gasteiger partial charge >= 0.3 is 5.97 Å². The molecule has 2 rings (SSSR count). The van der Waals surface area contributed by atoms with E-state index in [-0.39, 0.29) is 30.4 Å². The highest BCUT2D eigenvalue weighted by Gasteiger charge is 2.42. The molecule has 0 aromatic rings. The Balaban J connectivity index is 2.04. The van der Waals surface area contributed by atoms with E-state index in [9.17, 15) is 9.59 Å². The van der Waals surface area contributed by atoms with Crippen molar-refractivity contribution >= 4 is 11.9 Å². The molecule has 4 heteroatoms. The van der Waals surface area contributed by atoms with Crippen molar-refractivity contribution in [2.45, 2.75) is 32.7 Å². The van der Waals surface area contributed by atoms with E-state index in [0.717, 1.165) is 12.8 Å². The first-order valence-corrected chi connectivity index (χ1v) is 6.58. The summed E-state index contributed by atoms with van der Waals surface area (Å²) in [6, 6.07) is 0.0275. The molecule has 1 amide bonds. The Morgan fingerprint density at radius 1 is 1.33 bits per heavy atom. The molecule has 0 N–H and O–H groups in total. The van der Waals surface area contributed by atoms with Gasteiger partial charge in [0.1, 0.15) is 6.54 Å². The summed E-state index contributed by atoms with van der Waals surface area (Å²) in [5, 5.41) is 0. The Hall–Kier alpha value is -1.32. The molecule has 0 aromatic heterocycles. The maximum Gasteiger partial charge on any atom is 0.325 e.